The Morgan fingerprint density at radius 2 is 1.81 bits per heavy atom. The summed E-state index contributed by atoms with van der Waals surface area (Å²) < 4.78 is 0. The van der Waals surface area contributed by atoms with Crippen molar-refractivity contribution in [2.45, 2.75) is 40.0 Å². The van der Waals surface area contributed by atoms with Crippen LogP contribution in [0, 0.1) is 13.8 Å². The lowest BCUT2D eigenvalue weighted by molar-refractivity contribution is -0.130. The molecule has 1 aliphatic rings. The molecule has 1 fully saturated rings. The highest BCUT2D eigenvalue weighted by Crippen LogP contribution is 2.25. The first-order chi connectivity index (χ1) is 12.6. The zero-order chi connectivity index (χ0) is 18.5. The number of hydrogen-bond acceptors (Lipinski definition) is 4. The van der Waals surface area contributed by atoms with Gasteiger partial charge in [-0.05, 0) is 25.8 Å². The van der Waals surface area contributed by atoms with E-state index in [0.717, 1.165) is 56.4 Å². The zero-order valence-corrected chi connectivity index (χ0v) is 16.0. The molecule has 0 N–H and O–H groups in total. The van der Waals surface area contributed by atoms with Gasteiger partial charge in [-0.2, -0.15) is 0 Å². The lowest BCUT2D eigenvalue weighted by Crippen LogP contribution is -2.35. The van der Waals surface area contributed by atoms with Crippen LogP contribution in [0.5, 0.6) is 0 Å². The van der Waals surface area contributed by atoms with E-state index >= 15 is 0 Å². The quantitative estimate of drug-likeness (QED) is 0.848. The van der Waals surface area contributed by atoms with E-state index in [2.05, 4.69) is 41.1 Å². The van der Waals surface area contributed by atoms with Crippen LogP contribution in [0.25, 0.3) is 0 Å². The molecular weight excluding hydrogens is 324 g/mol. The number of benzene rings is 1. The number of aryl methyl sites for hydroxylation is 2. The van der Waals surface area contributed by atoms with Gasteiger partial charge >= 0.3 is 0 Å². The van der Waals surface area contributed by atoms with Crippen molar-refractivity contribution in [3.63, 3.8) is 0 Å². The summed E-state index contributed by atoms with van der Waals surface area (Å²) in [5.41, 5.74) is 3.50. The molecule has 3 rings (SSSR count). The maximum atomic E-state index is 12.1. The first-order valence-electron chi connectivity index (χ1n) is 9.49. The third kappa shape index (κ3) is 4.21. The van der Waals surface area contributed by atoms with E-state index in [1.54, 1.807) is 0 Å². The van der Waals surface area contributed by atoms with Crippen molar-refractivity contribution in [2.24, 2.45) is 0 Å². The predicted octanol–water partition coefficient (Wildman–Crippen LogP) is 3.13. The number of hydrogen-bond donors (Lipinski definition) is 0. The maximum absolute atomic E-state index is 12.1. The lowest BCUT2D eigenvalue weighted by atomic mass is 10.0. The van der Waals surface area contributed by atoms with E-state index in [4.69, 9.17) is 4.98 Å². The summed E-state index contributed by atoms with van der Waals surface area (Å²) in [6.45, 7) is 9.29. The third-order valence-electron chi connectivity index (χ3n) is 4.98. The molecule has 1 aliphatic heterocycles. The molecule has 0 bridgehead atoms. The third-order valence-corrected chi connectivity index (χ3v) is 4.98. The Labute approximate surface area is 156 Å². The molecule has 138 valence electrons. The average molecular weight is 352 g/mol. The van der Waals surface area contributed by atoms with Gasteiger partial charge in [0.05, 0.1) is 0 Å². The van der Waals surface area contributed by atoms with Crippen LogP contribution in [0.2, 0.25) is 0 Å². The van der Waals surface area contributed by atoms with Gasteiger partial charge in [0.15, 0.2) is 0 Å². The normalized spacial score (nSPS) is 15.0. The fraction of sp³-hybridized carbons (Fsp3) is 0.476. The van der Waals surface area contributed by atoms with Crippen LogP contribution in [0.1, 0.15) is 42.4 Å². The van der Waals surface area contributed by atoms with E-state index in [9.17, 15) is 4.79 Å². The van der Waals surface area contributed by atoms with Crippen molar-refractivity contribution in [1.82, 2.24) is 14.9 Å². The molecule has 0 aliphatic carbocycles. The molecule has 0 saturated carbocycles. The van der Waals surface area contributed by atoms with Gasteiger partial charge in [-0.1, -0.05) is 37.3 Å². The first kappa shape index (κ1) is 18.4. The van der Waals surface area contributed by atoms with Crippen LogP contribution in [0.3, 0.4) is 0 Å². The molecule has 0 radical (unpaired) electrons. The van der Waals surface area contributed by atoms with Crippen LogP contribution in [-0.2, 0) is 11.2 Å². The Balaban J connectivity index is 1.87. The highest BCUT2D eigenvalue weighted by Gasteiger charge is 2.22. The van der Waals surface area contributed by atoms with Crippen molar-refractivity contribution in [3.05, 3.63) is 53.0 Å². The SMILES string of the molecule is CCC(=O)N1CCCN(c2nc(C)nc(C)c2Cc2ccccc2)CC1. The number of carbonyl (C=O) groups is 1. The second-order valence-electron chi connectivity index (χ2n) is 6.90. The molecule has 0 spiro atoms. The molecule has 26 heavy (non-hydrogen) atoms. The van der Waals surface area contributed by atoms with Gasteiger partial charge in [-0.15, -0.1) is 0 Å². The summed E-state index contributed by atoms with van der Waals surface area (Å²) >= 11 is 0. The molecule has 2 heterocycles. The van der Waals surface area contributed by atoms with E-state index in [0.29, 0.717) is 6.42 Å². The minimum absolute atomic E-state index is 0.242. The van der Waals surface area contributed by atoms with Gasteiger partial charge in [0.2, 0.25) is 5.91 Å². The smallest absolute Gasteiger partial charge is 0.222 e. The van der Waals surface area contributed by atoms with Gasteiger partial charge < -0.3 is 9.80 Å². The van der Waals surface area contributed by atoms with Gasteiger partial charge in [-0.25, -0.2) is 9.97 Å². The van der Waals surface area contributed by atoms with Gasteiger partial charge in [0, 0.05) is 50.3 Å². The second kappa shape index (κ2) is 8.30. The molecule has 1 aromatic carbocycles. The lowest BCUT2D eigenvalue weighted by Gasteiger charge is -2.26. The summed E-state index contributed by atoms with van der Waals surface area (Å²) in [4.78, 5) is 25.8. The van der Waals surface area contributed by atoms with E-state index < -0.39 is 0 Å². The maximum Gasteiger partial charge on any atom is 0.222 e. The number of amides is 1. The van der Waals surface area contributed by atoms with Crippen molar-refractivity contribution in [1.29, 1.82) is 0 Å². The largest absolute Gasteiger partial charge is 0.354 e. The van der Waals surface area contributed by atoms with Crippen LogP contribution >= 0.6 is 0 Å². The minimum Gasteiger partial charge on any atom is -0.354 e. The molecule has 1 aromatic heterocycles. The van der Waals surface area contributed by atoms with Crippen LogP contribution in [0.15, 0.2) is 30.3 Å². The van der Waals surface area contributed by atoms with Crippen LogP contribution in [0.4, 0.5) is 5.82 Å². The first-order valence-corrected chi connectivity index (χ1v) is 9.49. The van der Waals surface area contributed by atoms with Crippen LogP contribution in [-0.4, -0.2) is 47.0 Å². The van der Waals surface area contributed by atoms with E-state index in [-0.39, 0.29) is 5.91 Å². The highest BCUT2D eigenvalue weighted by atomic mass is 16.2. The van der Waals surface area contributed by atoms with Crippen LogP contribution < -0.4 is 4.90 Å². The van der Waals surface area contributed by atoms with Crippen molar-refractivity contribution in [2.75, 3.05) is 31.1 Å². The molecule has 5 nitrogen and oxygen atoms in total. The van der Waals surface area contributed by atoms with Gasteiger partial charge in [0.25, 0.3) is 0 Å². The summed E-state index contributed by atoms with van der Waals surface area (Å²) in [7, 11) is 0. The van der Waals surface area contributed by atoms with Gasteiger partial charge in [0.1, 0.15) is 11.6 Å². The Morgan fingerprint density at radius 3 is 2.54 bits per heavy atom. The summed E-state index contributed by atoms with van der Waals surface area (Å²) in [5.74, 6) is 2.08. The number of carbonyl (C=O) groups excluding carboxylic acids is 1. The van der Waals surface area contributed by atoms with Gasteiger partial charge in [-0.3, -0.25) is 4.79 Å². The Kier molecular flexibility index (Phi) is 5.86. The number of nitrogens with zero attached hydrogens (tertiary/aromatic N) is 4. The average Bonchev–Trinajstić information content (AvgIpc) is 2.90. The predicted molar refractivity (Wildman–Crippen MR) is 104 cm³/mol. The summed E-state index contributed by atoms with van der Waals surface area (Å²) in [5, 5.41) is 0. The standard InChI is InChI=1S/C21H28N4O/c1-4-20(26)24-11-8-12-25(14-13-24)21-19(16(2)22-17(3)23-21)15-18-9-6-5-7-10-18/h5-7,9-10H,4,8,11-15H2,1-3H3. The Bertz CT molecular complexity index is 760. The van der Waals surface area contributed by atoms with Crippen molar-refractivity contribution >= 4 is 11.7 Å². The van der Waals surface area contributed by atoms with Crippen molar-refractivity contribution in [3.8, 4) is 0 Å². The zero-order valence-electron chi connectivity index (χ0n) is 16.0. The molecule has 5 heteroatoms. The Hall–Kier alpha value is -2.43. The molecule has 0 unspecified atom stereocenters. The molecule has 2 aromatic rings. The van der Waals surface area contributed by atoms with Crippen molar-refractivity contribution < 1.29 is 4.79 Å². The van der Waals surface area contributed by atoms with E-state index in [1.807, 2.05) is 24.8 Å². The summed E-state index contributed by atoms with van der Waals surface area (Å²) in [6, 6.07) is 10.5. The fourth-order valence-corrected chi connectivity index (χ4v) is 3.59. The molecular formula is C21H28N4O. The molecule has 1 amide bonds. The Morgan fingerprint density at radius 1 is 1.04 bits per heavy atom. The van der Waals surface area contributed by atoms with E-state index in [1.165, 1.54) is 11.1 Å². The molecule has 0 atom stereocenters. The highest BCUT2D eigenvalue weighted by molar-refractivity contribution is 5.75. The number of rotatable bonds is 4. The minimum atomic E-state index is 0.242. The topological polar surface area (TPSA) is 49.3 Å². The number of aromatic nitrogens is 2. The number of anilines is 1. The summed E-state index contributed by atoms with van der Waals surface area (Å²) in [6.07, 6.45) is 2.37. The monoisotopic (exact) mass is 352 g/mol. The fourth-order valence-electron chi connectivity index (χ4n) is 3.59. The second-order valence-corrected chi connectivity index (χ2v) is 6.90. The molecule has 1 saturated heterocycles.